The fourth-order valence-corrected chi connectivity index (χ4v) is 7.62. The molecule has 5 heteroatoms. The Bertz CT molecular complexity index is 832. The SMILES string of the molecule is CC(=O)N[C@]12CCO[C@@H](c3ccc(N4CCCCC4)cc3)[C@@H]1C[C@H]1C[C@H]2[C@@H](C)NC1(C)C. The van der Waals surface area contributed by atoms with Gasteiger partial charge in [-0.15, -0.1) is 0 Å². The van der Waals surface area contributed by atoms with Gasteiger partial charge in [0.05, 0.1) is 11.6 Å². The molecule has 4 fully saturated rings. The van der Waals surface area contributed by atoms with Crippen LogP contribution in [0.3, 0.4) is 0 Å². The number of benzene rings is 1. The molecule has 1 amide bonds. The standard InChI is InChI=1S/C27H41N3O2/c1-18-23-16-21(26(3,4)28-18)17-24-25(32-15-12-27(23,24)29-19(2)31)20-8-10-22(11-9-20)30-13-6-5-7-14-30/h8-11,18,21,23-25,28H,5-7,12-17H2,1-4H3,(H,29,31)/t18-,21-,23+,24+,25+,27+/m1/s1. The number of amides is 1. The highest BCUT2D eigenvalue weighted by Gasteiger charge is 2.60. The van der Waals surface area contributed by atoms with Crippen LogP contribution in [-0.4, -0.2) is 42.7 Å². The Hall–Kier alpha value is -1.59. The summed E-state index contributed by atoms with van der Waals surface area (Å²) in [5.74, 6) is 1.41. The Morgan fingerprint density at radius 1 is 1.09 bits per heavy atom. The van der Waals surface area contributed by atoms with E-state index in [1.165, 1.54) is 36.9 Å². The average molecular weight is 440 g/mol. The van der Waals surface area contributed by atoms with Gasteiger partial charge in [-0.05, 0) is 88.8 Å². The fraction of sp³-hybridized carbons (Fsp3) is 0.741. The van der Waals surface area contributed by atoms with Gasteiger partial charge in [0.15, 0.2) is 0 Å². The van der Waals surface area contributed by atoms with E-state index in [9.17, 15) is 4.79 Å². The molecule has 6 atom stereocenters. The van der Waals surface area contributed by atoms with E-state index in [1.807, 2.05) is 0 Å². The van der Waals surface area contributed by atoms with Crippen molar-refractivity contribution < 1.29 is 9.53 Å². The summed E-state index contributed by atoms with van der Waals surface area (Å²) in [5, 5.41) is 7.40. The van der Waals surface area contributed by atoms with Crippen molar-refractivity contribution in [1.29, 1.82) is 0 Å². The molecule has 176 valence electrons. The molecule has 5 nitrogen and oxygen atoms in total. The highest BCUT2D eigenvalue weighted by Crippen LogP contribution is 2.56. The van der Waals surface area contributed by atoms with Crippen LogP contribution in [0.4, 0.5) is 5.69 Å². The third kappa shape index (κ3) is 3.75. The molecule has 0 spiro atoms. The van der Waals surface area contributed by atoms with Crippen LogP contribution < -0.4 is 15.5 Å². The van der Waals surface area contributed by atoms with Gasteiger partial charge < -0.3 is 20.3 Å². The van der Waals surface area contributed by atoms with E-state index in [0.717, 1.165) is 25.9 Å². The van der Waals surface area contributed by atoms with Gasteiger partial charge in [-0.2, -0.15) is 0 Å². The van der Waals surface area contributed by atoms with Crippen LogP contribution in [0, 0.1) is 17.8 Å². The first-order valence-electron chi connectivity index (χ1n) is 12.8. The van der Waals surface area contributed by atoms with Crippen molar-refractivity contribution in [3.63, 3.8) is 0 Å². The second-order valence-corrected chi connectivity index (χ2v) is 11.4. The zero-order chi connectivity index (χ0) is 22.5. The van der Waals surface area contributed by atoms with E-state index in [-0.39, 0.29) is 23.1 Å². The number of fused-ring (bicyclic) bond motifs is 4. The molecule has 4 aliphatic rings. The van der Waals surface area contributed by atoms with Gasteiger partial charge in [0.25, 0.3) is 0 Å². The van der Waals surface area contributed by atoms with E-state index in [2.05, 4.69) is 60.6 Å². The lowest BCUT2D eigenvalue weighted by molar-refractivity contribution is -0.160. The summed E-state index contributed by atoms with van der Waals surface area (Å²) in [6.45, 7) is 11.7. The van der Waals surface area contributed by atoms with Gasteiger partial charge in [-0.1, -0.05) is 12.1 Å². The van der Waals surface area contributed by atoms with Gasteiger partial charge in [0.2, 0.25) is 5.91 Å². The molecule has 2 bridgehead atoms. The van der Waals surface area contributed by atoms with Crippen LogP contribution in [-0.2, 0) is 9.53 Å². The lowest BCUT2D eigenvalue weighted by Crippen LogP contribution is -2.73. The molecule has 3 saturated heterocycles. The van der Waals surface area contributed by atoms with Crippen LogP contribution in [0.15, 0.2) is 24.3 Å². The Balaban J connectivity index is 1.47. The van der Waals surface area contributed by atoms with Gasteiger partial charge in [-0.3, -0.25) is 4.79 Å². The summed E-state index contributed by atoms with van der Waals surface area (Å²) >= 11 is 0. The number of piperidine rings is 2. The summed E-state index contributed by atoms with van der Waals surface area (Å²) in [7, 11) is 0. The van der Waals surface area contributed by atoms with Crippen molar-refractivity contribution in [2.75, 3.05) is 24.6 Å². The summed E-state index contributed by atoms with van der Waals surface area (Å²) in [6, 6.07) is 9.52. The van der Waals surface area contributed by atoms with Gasteiger partial charge in [0, 0.05) is 49.8 Å². The number of rotatable bonds is 3. The highest BCUT2D eigenvalue weighted by atomic mass is 16.5. The number of nitrogens with one attached hydrogen (secondary N) is 2. The van der Waals surface area contributed by atoms with Crippen molar-refractivity contribution in [3.05, 3.63) is 29.8 Å². The summed E-state index contributed by atoms with van der Waals surface area (Å²) in [4.78, 5) is 15.0. The molecule has 5 rings (SSSR count). The van der Waals surface area contributed by atoms with Crippen molar-refractivity contribution in [2.24, 2.45) is 17.8 Å². The minimum Gasteiger partial charge on any atom is -0.373 e. The largest absolute Gasteiger partial charge is 0.373 e. The van der Waals surface area contributed by atoms with E-state index >= 15 is 0 Å². The second kappa shape index (κ2) is 8.32. The first kappa shape index (κ1) is 22.2. The monoisotopic (exact) mass is 439 g/mol. The smallest absolute Gasteiger partial charge is 0.217 e. The summed E-state index contributed by atoms with van der Waals surface area (Å²) in [5.41, 5.74) is 2.51. The first-order valence-corrected chi connectivity index (χ1v) is 12.8. The normalized spacial score (nSPS) is 38.6. The van der Waals surface area contributed by atoms with Crippen LogP contribution in [0.5, 0.6) is 0 Å². The van der Waals surface area contributed by atoms with Gasteiger partial charge in [0.1, 0.15) is 0 Å². The van der Waals surface area contributed by atoms with E-state index in [0.29, 0.717) is 30.4 Å². The molecule has 1 aromatic carbocycles. The van der Waals surface area contributed by atoms with Crippen molar-refractivity contribution >= 4 is 11.6 Å². The minimum absolute atomic E-state index is 0.0393. The van der Waals surface area contributed by atoms with E-state index < -0.39 is 0 Å². The molecule has 3 heterocycles. The van der Waals surface area contributed by atoms with Crippen LogP contribution in [0.1, 0.15) is 77.9 Å². The molecular formula is C27H41N3O2. The van der Waals surface area contributed by atoms with Crippen molar-refractivity contribution in [3.8, 4) is 0 Å². The Kier molecular flexibility index (Phi) is 5.78. The maximum atomic E-state index is 12.4. The molecule has 1 aromatic rings. The zero-order valence-corrected chi connectivity index (χ0v) is 20.3. The zero-order valence-electron chi connectivity index (χ0n) is 20.3. The number of ether oxygens (including phenoxy) is 1. The number of carbonyl (C=O) groups is 1. The maximum absolute atomic E-state index is 12.4. The first-order chi connectivity index (χ1) is 15.3. The lowest BCUT2D eigenvalue weighted by Gasteiger charge is -2.63. The van der Waals surface area contributed by atoms with E-state index in [4.69, 9.17) is 4.74 Å². The lowest BCUT2D eigenvalue weighted by atomic mass is 9.52. The molecule has 3 aliphatic heterocycles. The number of nitrogens with zero attached hydrogens (tertiary/aromatic N) is 1. The number of carbonyl (C=O) groups excluding carboxylic acids is 1. The highest BCUT2D eigenvalue weighted by molar-refractivity contribution is 5.74. The average Bonchev–Trinajstić information content (AvgIpc) is 2.77. The van der Waals surface area contributed by atoms with Gasteiger partial charge >= 0.3 is 0 Å². The quantitative estimate of drug-likeness (QED) is 0.732. The number of hydrogen-bond donors (Lipinski definition) is 2. The Labute approximate surface area is 193 Å². The predicted octanol–water partition coefficient (Wildman–Crippen LogP) is 4.43. The Morgan fingerprint density at radius 3 is 2.47 bits per heavy atom. The molecule has 0 unspecified atom stereocenters. The molecule has 2 N–H and O–H groups in total. The fourth-order valence-electron chi connectivity index (χ4n) is 7.62. The van der Waals surface area contributed by atoms with Gasteiger partial charge in [-0.25, -0.2) is 0 Å². The molecule has 0 radical (unpaired) electrons. The number of anilines is 1. The van der Waals surface area contributed by atoms with Crippen LogP contribution >= 0.6 is 0 Å². The predicted molar refractivity (Wildman–Crippen MR) is 129 cm³/mol. The molecule has 1 saturated carbocycles. The van der Waals surface area contributed by atoms with E-state index in [1.54, 1.807) is 6.92 Å². The molecule has 1 aliphatic carbocycles. The second-order valence-electron chi connectivity index (χ2n) is 11.4. The number of hydrogen-bond acceptors (Lipinski definition) is 4. The summed E-state index contributed by atoms with van der Waals surface area (Å²) < 4.78 is 6.51. The summed E-state index contributed by atoms with van der Waals surface area (Å²) in [6.07, 6.45) is 7.14. The molecule has 0 aromatic heterocycles. The van der Waals surface area contributed by atoms with Crippen LogP contribution in [0.2, 0.25) is 0 Å². The van der Waals surface area contributed by atoms with Crippen molar-refractivity contribution in [1.82, 2.24) is 10.6 Å². The van der Waals surface area contributed by atoms with Crippen LogP contribution in [0.25, 0.3) is 0 Å². The topological polar surface area (TPSA) is 53.6 Å². The van der Waals surface area contributed by atoms with Crippen molar-refractivity contribution in [2.45, 2.75) is 89.4 Å². The Morgan fingerprint density at radius 2 is 1.78 bits per heavy atom. The molecular weight excluding hydrogens is 398 g/mol. The molecule has 32 heavy (non-hydrogen) atoms. The third-order valence-corrected chi connectivity index (χ3v) is 9.15. The maximum Gasteiger partial charge on any atom is 0.217 e. The minimum atomic E-state index is -0.195. The third-order valence-electron chi connectivity index (χ3n) is 9.15.